The Morgan fingerprint density at radius 1 is 1.31 bits per heavy atom. The minimum atomic E-state index is 0.0972. The van der Waals surface area contributed by atoms with Crippen LogP contribution in [-0.2, 0) is 4.79 Å². The Kier molecular flexibility index (Phi) is 3.53. The largest absolute Gasteiger partial charge is 0.338 e. The molecule has 2 heterocycles. The van der Waals surface area contributed by atoms with E-state index >= 15 is 0 Å². The molecule has 0 aromatic rings. The van der Waals surface area contributed by atoms with E-state index in [-0.39, 0.29) is 6.04 Å². The molecule has 2 saturated heterocycles. The van der Waals surface area contributed by atoms with Crippen molar-refractivity contribution in [3.63, 3.8) is 0 Å². The molecule has 3 heteroatoms. The number of hydrogen-bond acceptors (Lipinski definition) is 2. The van der Waals surface area contributed by atoms with Gasteiger partial charge in [0.2, 0.25) is 5.91 Å². The number of nitrogens with zero attached hydrogens (tertiary/aromatic N) is 1. The van der Waals surface area contributed by atoms with Crippen molar-refractivity contribution in [1.82, 2.24) is 10.2 Å². The quantitative estimate of drug-likeness (QED) is 0.734. The molecule has 0 saturated carbocycles. The van der Waals surface area contributed by atoms with Crippen LogP contribution >= 0.6 is 0 Å². The predicted octanol–water partition coefficient (Wildman–Crippen LogP) is 1.63. The summed E-state index contributed by atoms with van der Waals surface area (Å²) >= 11 is 0. The standard InChI is InChI=1S/C13H24N2O/c1-9-7-10(2)11(3)15(8-9)13(16)12-5-4-6-14-12/h9-12,14H,4-8H2,1-3H3. The van der Waals surface area contributed by atoms with Crippen LogP contribution in [0.15, 0.2) is 0 Å². The van der Waals surface area contributed by atoms with E-state index in [1.807, 2.05) is 0 Å². The summed E-state index contributed by atoms with van der Waals surface area (Å²) in [6.45, 7) is 8.67. The summed E-state index contributed by atoms with van der Waals surface area (Å²) in [5.41, 5.74) is 0. The summed E-state index contributed by atoms with van der Waals surface area (Å²) in [5.74, 6) is 1.62. The maximum atomic E-state index is 12.4. The van der Waals surface area contributed by atoms with E-state index in [4.69, 9.17) is 0 Å². The van der Waals surface area contributed by atoms with Crippen molar-refractivity contribution >= 4 is 5.91 Å². The van der Waals surface area contributed by atoms with Crippen molar-refractivity contribution in [2.45, 2.75) is 52.1 Å². The monoisotopic (exact) mass is 224 g/mol. The number of likely N-dealkylation sites (tertiary alicyclic amines) is 1. The molecule has 1 amide bonds. The third-order valence-corrected chi connectivity index (χ3v) is 4.24. The van der Waals surface area contributed by atoms with Gasteiger partial charge in [-0.25, -0.2) is 0 Å². The zero-order valence-electron chi connectivity index (χ0n) is 10.7. The predicted molar refractivity (Wildman–Crippen MR) is 65.1 cm³/mol. The number of carbonyl (C=O) groups is 1. The van der Waals surface area contributed by atoms with Gasteiger partial charge in [0.15, 0.2) is 0 Å². The first-order valence-corrected chi connectivity index (χ1v) is 6.63. The summed E-state index contributed by atoms with van der Waals surface area (Å²) in [6, 6.07) is 0.506. The summed E-state index contributed by atoms with van der Waals surface area (Å²) in [7, 11) is 0. The average Bonchev–Trinajstić information content (AvgIpc) is 2.75. The molecule has 4 unspecified atom stereocenters. The highest BCUT2D eigenvalue weighted by Gasteiger charge is 2.35. The Labute approximate surface area is 98.6 Å². The van der Waals surface area contributed by atoms with Crippen molar-refractivity contribution < 1.29 is 4.79 Å². The van der Waals surface area contributed by atoms with E-state index in [2.05, 4.69) is 31.0 Å². The minimum Gasteiger partial charge on any atom is -0.338 e. The molecule has 4 atom stereocenters. The second-order valence-electron chi connectivity index (χ2n) is 5.70. The van der Waals surface area contributed by atoms with Gasteiger partial charge >= 0.3 is 0 Å². The molecule has 16 heavy (non-hydrogen) atoms. The molecule has 92 valence electrons. The van der Waals surface area contributed by atoms with Crippen LogP contribution in [0.4, 0.5) is 0 Å². The van der Waals surface area contributed by atoms with Gasteiger partial charge in [-0.3, -0.25) is 4.79 Å². The second-order valence-corrected chi connectivity index (χ2v) is 5.70. The molecule has 0 spiro atoms. The maximum Gasteiger partial charge on any atom is 0.239 e. The fraction of sp³-hybridized carbons (Fsp3) is 0.923. The van der Waals surface area contributed by atoms with Gasteiger partial charge < -0.3 is 10.2 Å². The van der Waals surface area contributed by atoms with Crippen molar-refractivity contribution in [1.29, 1.82) is 0 Å². The SMILES string of the molecule is CC1CC(C)C(C)N(C(=O)C2CCCN2)C1. The fourth-order valence-corrected chi connectivity index (χ4v) is 3.10. The lowest BCUT2D eigenvalue weighted by Gasteiger charge is -2.42. The van der Waals surface area contributed by atoms with Gasteiger partial charge in [-0.2, -0.15) is 0 Å². The number of piperidine rings is 1. The van der Waals surface area contributed by atoms with E-state index in [1.54, 1.807) is 0 Å². The third-order valence-electron chi connectivity index (χ3n) is 4.24. The molecular weight excluding hydrogens is 200 g/mol. The number of nitrogens with one attached hydrogen (secondary N) is 1. The Morgan fingerprint density at radius 2 is 2.06 bits per heavy atom. The first kappa shape index (κ1) is 11.9. The van der Waals surface area contributed by atoms with Crippen LogP contribution in [0.2, 0.25) is 0 Å². The van der Waals surface area contributed by atoms with E-state index in [0.717, 1.165) is 25.9 Å². The minimum absolute atomic E-state index is 0.0972. The number of rotatable bonds is 1. The molecule has 1 N–H and O–H groups in total. The number of amides is 1. The Bertz CT molecular complexity index is 261. The molecule has 2 aliphatic rings. The summed E-state index contributed by atoms with van der Waals surface area (Å²) in [6.07, 6.45) is 3.41. The van der Waals surface area contributed by atoms with Gasteiger partial charge in [0.1, 0.15) is 0 Å². The lowest BCUT2D eigenvalue weighted by Crippen LogP contribution is -2.53. The van der Waals surface area contributed by atoms with Gasteiger partial charge in [0.25, 0.3) is 0 Å². The van der Waals surface area contributed by atoms with Crippen molar-refractivity contribution in [3.05, 3.63) is 0 Å². The number of carbonyl (C=O) groups excluding carboxylic acids is 1. The third kappa shape index (κ3) is 2.24. The molecule has 0 radical (unpaired) electrons. The second kappa shape index (κ2) is 4.74. The van der Waals surface area contributed by atoms with E-state index in [1.165, 1.54) is 6.42 Å². The van der Waals surface area contributed by atoms with Crippen LogP contribution in [0.5, 0.6) is 0 Å². The van der Waals surface area contributed by atoms with Gasteiger partial charge in [-0.15, -0.1) is 0 Å². The van der Waals surface area contributed by atoms with Crippen LogP contribution in [0.3, 0.4) is 0 Å². The van der Waals surface area contributed by atoms with Crippen LogP contribution in [0, 0.1) is 11.8 Å². The number of hydrogen-bond donors (Lipinski definition) is 1. The molecule has 2 fully saturated rings. The lowest BCUT2D eigenvalue weighted by atomic mass is 9.85. The Hall–Kier alpha value is -0.570. The molecule has 0 aliphatic carbocycles. The van der Waals surface area contributed by atoms with Crippen molar-refractivity contribution in [2.75, 3.05) is 13.1 Å². The van der Waals surface area contributed by atoms with Crippen LogP contribution in [0.1, 0.15) is 40.0 Å². The molecule has 3 nitrogen and oxygen atoms in total. The molecule has 0 aromatic heterocycles. The van der Waals surface area contributed by atoms with Gasteiger partial charge in [-0.05, 0) is 44.6 Å². The average molecular weight is 224 g/mol. The highest BCUT2D eigenvalue weighted by atomic mass is 16.2. The molecular formula is C13H24N2O. The Morgan fingerprint density at radius 3 is 2.69 bits per heavy atom. The smallest absolute Gasteiger partial charge is 0.239 e. The topological polar surface area (TPSA) is 32.3 Å². The zero-order valence-corrected chi connectivity index (χ0v) is 10.7. The maximum absolute atomic E-state index is 12.4. The summed E-state index contributed by atoms with van der Waals surface area (Å²) in [5, 5.41) is 3.31. The van der Waals surface area contributed by atoms with Crippen LogP contribution in [0.25, 0.3) is 0 Å². The lowest BCUT2D eigenvalue weighted by molar-refractivity contribution is -0.139. The van der Waals surface area contributed by atoms with E-state index in [0.29, 0.717) is 23.8 Å². The normalized spacial score (nSPS) is 40.1. The van der Waals surface area contributed by atoms with E-state index < -0.39 is 0 Å². The van der Waals surface area contributed by atoms with Crippen LogP contribution < -0.4 is 5.32 Å². The molecule has 0 aromatic carbocycles. The first-order chi connectivity index (χ1) is 7.59. The van der Waals surface area contributed by atoms with Gasteiger partial charge in [0.05, 0.1) is 6.04 Å². The van der Waals surface area contributed by atoms with E-state index in [9.17, 15) is 4.79 Å². The van der Waals surface area contributed by atoms with Crippen molar-refractivity contribution in [2.24, 2.45) is 11.8 Å². The van der Waals surface area contributed by atoms with Gasteiger partial charge in [0, 0.05) is 12.6 Å². The van der Waals surface area contributed by atoms with Gasteiger partial charge in [-0.1, -0.05) is 13.8 Å². The molecule has 0 bridgehead atoms. The summed E-state index contributed by atoms with van der Waals surface area (Å²) < 4.78 is 0. The highest BCUT2D eigenvalue weighted by Crippen LogP contribution is 2.28. The van der Waals surface area contributed by atoms with Crippen molar-refractivity contribution in [3.8, 4) is 0 Å². The first-order valence-electron chi connectivity index (χ1n) is 6.63. The zero-order chi connectivity index (χ0) is 11.7. The summed E-state index contributed by atoms with van der Waals surface area (Å²) in [4.78, 5) is 14.5. The molecule has 2 aliphatic heterocycles. The van der Waals surface area contributed by atoms with Crippen LogP contribution in [-0.4, -0.2) is 36.0 Å². The molecule has 2 rings (SSSR count). The highest BCUT2D eigenvalue weighted by molar-refractivity contribution is 5.82. The fourth-order valence-electron chi connectivity index (χ4n) is 3.10. The Balaban J connectivity index is 2.03.